The van der Waals surface area contributed by atoms with Crippen LogP contribution in [-0.4, -0.2) is 72.7 Å². The average molecular weight is 662 g/mol. The van der Waals surface area contributed by atoms with Gasteiger partial charge in [-0.2, -0.15) is 0 Å². The van der Waals surface area contributed by atoms with Gasteiger partial charge in [-0.25, -0.2) is 8.42 Å². The molecule has 0 aliphatic rings. The summed E-state index contributed by atoms with van der Waals surface area (Å²) in [6.07, 6.45) is 1.66. The smallest absolute Gasteiger partial charge is 0.265 e. The number of anilines is 1. The molecule has 0 radical (unpaired) electrons. The lowest BCUT2D eigenvalue weighted by Gasteiger charge is -2.32. The summed E-state index contributed by atoms with van der Waals surface area (Å²) in [7, 11) is 1.31. The first-order valence-electron chi connectivity index (χ1n) is 14.3. The van der Waals surface area contributed by atoms with Crippen molar-refractivity contribution in [1.29, 1.82) is 0 Å². The Morgan fingerprint density at radius 3 is 2.11 bits per heavy atom. The summed E-state index contributed by atoms with van der Waals surface area (Å²) < 4.78 is 50.9. The third kappa shape index (κ3) is 8.73. The summed E-state index contributed by atoms with van der Waals surface area (Å²) in [4.78, 5) is 28.6. The van der Waals surface area contributed by atoms with E-state index in [1.807, 2.05) is 6.92 Å². The fourth-order valence-corrected chi connectivity index (χ4v) is 6.12. The van der Waals surface area contributed by atoms with Gasteiger partial charge in [0.2, 0.25) is 11.8 Å². The largest absolute Gasteiger partial charge is 0.497 e. The lowest BCUT2D eigenvalue weighted by Crippen LogP contribution is -2.51. The van der Waals surface area contributed by atoms with Crippen molar-refractivity contribution < 1.29 is 37.0 Å². The second-order valence-electron chi connectivity index (χ2n) is 10.0. The van der Waals surface area contributed by atoms with Crippen molar-refractivity contribution in [2.24, 2.45) is 0 Å². The number of benzene rings is 3. The summed E-state index contributed by atoms with van der Waals surface area (Å²) >= 11 is 6.31. The number of carbonyl (C=O) groups is 2. The van der Waals surface area contributed by atoms with Crippen molar-refractivity contribution in [3.8, 4) is 23.0 Å². The van der Waals surface area contributed by atoms with Crippen LogP contribution in [0.25, 0.3) is 0 Å². The van der Waals surface area contributed by atoms with E-state index < -0.39 is 28.5 Å². The molecule has 1 unspecified atom stereocenters. The molecule has 0 saturated carbocycles. The normalized spacial score (nSPS) is 11.7. The molecule has 11 nitrogen and oxygen atoms in total. The molecule has 0 bridgehead atoms. The Hall–Kier alpha value is -4.16. The van der Waals surface area contributed by atoms with E-state index in [0.29, 0.717) is 23.6 Å². The second-order valence-corrected chi connectivity index (χ2v) is 12.3. The minimum atomic E-state index is -4.44. The average Bonchev–Trinajstić information content (AvgIpc) is 3.05. The standard InChI is InChI=1S/C32H40ClN3O8S/c1-7-8-17-34-32(38)22(2)35(20-23-9-12-25(41-3)13-10-23)31(37)21-36(27-18-24(33)11-15-28(27)42-4)45(39,40)26-14-16-29(43-5)30(19-26)44-6/h9-16,18-19,22H,7-8,17,20-21H2,1-6H3,(H,34,38). The highest BCUT2D eigenvalue weighted by molar-refractivity contribution is 7.92. The zero-order valence-electron chi connectivity index (χ0n) is 26.3. The number of ether oxygens (including phenoxy) is 4. The van der Waals surface area contributed by atoms with Crippen LogP contribution in [0.5, 0.6) is 23.0 Å². The monoisotopic (exact) mass is 661 g/mol. The van der Waals surface area contributed by atoms with Crippen molar-refractivity contribution in [2.45, 2.75) is 44.2 Å². The van der Waals surface area contributed by atoms with Gasteiger partial charge in [-0.15, -0.1) is 0 Å². The molecule has 1 N–H and O–H groups in total. The molecular formula is C32H40ClN3O8S. The van der Waals surface area contributed by atoms with Crippen LogP contribution >= 0.6 is 11.6 Å². The Morgan fingerprint density at radius 1 is 0.867 bits per heavy atom. The van der Waals surface area contributed by atoms with Gasteiger partial charge in [0.25, 0.3) is 10.0 Å². The molecule has 0 fully saturated rings. The molecule has 3 rings (SSSR count). The molecule has 0 spiro atoms. The molecule has 13 heteroatoms. The fourth-order valence-electron chi connectivity index (χ4n) is 4.52. The zero-order chi connectivity index (χ0) is 33.1. The summed E-state index contributed by atoms with van der Waals surface area (Å²) in [5.41, 5.74) is 0.754. The highest BCUT2D eigenvalue weighted by Crippen LogP contribution is 2.37. The van der Waals surface area contributed by atoms with Crippen molar-refractivity contribution in [3.63, 3.8) is 0 Å². The SMILES string of the molecule is CCCCNC(=O)C(C)N(Cc1ccc(OC)cc1)C(=O)CN(c1cc(Cl)ccc1OC)S(=O)(=O)c1ccc(OC)c(OC)c1. The van der Waals surface area contributed by atoms with E-state index in [0.717, 1.165) is 17.1 Å². The lowest BCUT2D eigenvalue weighted by atomic mass is 10.1. The predicted octanol–water partition coefficient (Wildman–Crippen LogP) is 4.90. The molecule has 0 aliphatic heterocycles. The van der Waals surface area contributed by atoms with Crippen LogP contribution < -0.4 is 28.6 Å². The second kappa shape index (κ2) is 16.2. The number of hydrogen-bond donors (Lipinski definition) is 1. The Morgan fingerprint density at radius 2 is 1.51 bits per heavy atom. The van der Waals surface area contributed by atoms with Crippen molar-refractivity contribution in [1.82, 2.24) is 10.2 Å². The number of nitrogens with one attached hydrogen (secondary N) is 1. The van der Waals surface area contributed by atoms with Gasteiger partial charge in [0.1, 0.15) is 24.1 Å². The number of methoxy groups -OCH3 is 4. The Bertz CT molecular complexity index is 1570. The highest BCUT2D eigenvalue weighted by atomic mass is 35.5. The van der Waals surface area contributed by atoms with Crippen LogP contribution in [0.3, 0.4) is 0 Å². The first kappa shape index (κ1) is 35.3. The van der Waals surface area contributed by atoms with Crippen molar-refractivity contribution in [2.75, 3.05) is 45.8 Å². The highest BCUT2D eigenvalue weighted by Gasteiger charge is 2.34. The van der Waals surface area contributed by atoms with Crippen LogP contribution in [0.15, 0.2) is 65.6 Å². The minimum absolute atomic E-state index is 0.0299. The van der Waals surface area contributed by atoms with E-state index in [9.17, 15) is 18.0 Å². The first-order valence-corrected chi connectivity index (χ1v) is 16.1. The molecular weight excluding hydrogens is 622 g/mol. The van der Waals surface area contributed by atoms with Crippen LogP contribution in [0.2, 0.25) is 5.02 Å². The van der Waals surface area contributed by atoms with Gasteiger partial charge in [-0.3, -0.25) is 13.9 Å². The molecule has 0 aromatic heterocycles. The van der Waals surface area contributed by atoms with E-state index >= 15 is 0 Å². The maximum atomic E-state index is 14.3. The minimum Gasteiger partial charge on any atom is -0.497 e. The third-order valence-corrected chi connectivity index (χ3v) is 9.13. The molecule has 0 aliphatic carbocycles. The van der Waals surface area contributed by atoms with Gasteiger partial charge in [0, 0.05) is 24.2 Å². The number of sulfonamides is 1. The van der Waals surface area contributed by atoms with Gasteiger partial charge < -0.3 is 29.2 Å². The summed E-state index contributed by atoms with van der Waals surface area (Å²) in [6.45, 7) is 3.42. The van der Waals surface area contributed by atoms with Gasteiger partial charge in [0.15, 0.2) is 11.5 Å². The lowest BCUT2D eigenvalue weighted by molar-refractivity contribution is -0.139. The molecule has 2 amide bonds. The van der Waals surface area contributed by atoms with E-state index in [1.165, 1.54) is 56.6 Å². The number of amides is 2. The Labute approximate surface area is 270 Å². The van der Waals surface area contributed by atoms with Crippen molar-refractivity contribution in [3.05, 3.63) is 71.2 Å². The Kier molecular flexibility index (Phi) is 12.7. The number of unbranched alkanes of at least 4 members (excludes halogenated alkanes) is 1. The van der Waals surface area contributed by atoms with Crippen LogP contribution in [-0.2, 0) is 26.2 Å². The topological polar surface area (TPSA) is 124 Å². The van der Waals surface area contributed by atoms with Gasteiger partial charge in [-0.05, 0) is 61.4 Å². The molecule has 0 saturated heterocycles. The van der Waals surface area contributed by atoms with Crippen molar-refractivity contribution >= 4 is 39.1 Å². The molecule has 3 aromatic rings. The molecule has 45 heavy (non-hydrogen) atoms. The Balaban J connectivity index is 2.11. The van der Waals surface area contributed by atoms with E-state index in [2.05, 4.69) is 5.32 Å². The van der Waals surface area contributed by atoms with Crippen LogP contribution in [0.1, 0.15) is 32.3 Å². The molecule has 0 heterocycles. The number of rotatable bonds is 16. The summed E-state index contributed by atoms with van der Waals surface area (Å²) in [6, 6.07) is 14.7. The summed E-state index contributed by atoms with van der Waals surface area (Å²) in [5.74, 6) is 0.315. The molecule has 244 valence electrons. The third-order valence-electron chi connectivity index (χ3n) is 7.14. The quantitative estimate of drug-likeness (QED) is 0.215. The number of carbonyl (C=O) groups excluding carboxylic acids is 2. The van der Waals surface area contributed by atoms with Gasteiger partial charge in [-0.1, -0.05) is 37.1 Å². The van der Waals surface area contributed by atoms with Gasteiger partial charge in [0.05, 0.1) is 39.0 Å². The number of hydrogen-bond acceptors (Lipinski definition) is 8. The van der Waals surface area contributed by atoms with Crippen LogP contribution in [0, 0.1) is 0 Å². The van der Waals surface area contributed by atoms with Crippen LogP contribution in [0.4, 0.5) is 5.69 Å². The molecule has 3 aromatic carbocycles. The predicted molar refractivity (Wildman–Crippen MR) is 173 cm³/mol. The number of halogens is 1. The fraction of sp³-hybridized carbons (Fsp3) is 0.375. The number of nitrogens with zero attached hydrogens (tertiary/aromatic N) is 2. The van der Waals surface area contributed by atoms with E-state index in [-0.39, 0.29) is 39.6 Å². The maximum Gasteiger partial charge on any atom is 0.265 e. The zero-order valence-corrected chi connectivity index (χ0v) is 27.9. The summed E-state index contributed by atoms with van der Waals surface area (Å²) in [5, 5.41) is 3.09. The maximum absolute atomic E-state index is 14.3. The first-order chi connectivity index (χ1) is 21.5. The molecule has 1 atom stereocenters. The van der Waals surface area contributed by atoms with Gasteiger partial charge >= 0.3 is 0 Å². The van der Waals surface area contributed by atoms with E-state index in [1.54, 1.807) is 44.4 Å². The van der Waals surface area contributed by atoms with E-state index in [4.69, 9.17) is 30.5 Å².